The van der Waals surface area contributed by atoms with E-state index in [1.54, 1.807) is 0 Å². The SMILES string of the molecule is C[C@@H](O)[C@H](N)C(=O)N1CCC(C(C)(C)S(=O)(=O)c2cccc(C(F)(F)F)c2)CC1. The van der Waals surface area contributed by atoms with Crippen LogP contribution in [0.3, 0.4) is 0 Å². The number of halogens is 3. The molecule has 10 heteroatoms. The summed E-state index contributed by atoms with van der Waals surface area (Å²) in [5, 5.41) is 9.48. The van der Waals surface area contributed by atoms with Crippen molar-refractivity contribution < 1.29 is 31.5 Å². The Labute approximate surface area is 168 Å². The molecule has 0 radical (unpaired) electrons. The molecule has 1 fully saturated rings. The third-order valence-electron chi connectivity index (χ3n) is 5.76. The van der Waals surface area contributed by atoms with E-state index in [0.717, 1.165) is 12.1 Å². The highest BCUT2D eigenvalue weighted by molar-refractivity contribution is 7.92. The number of hydrogen-bond acceptors (Lipinski definition) is 5. The first kappa shape index (κ1) is 23.6. The first-order valence-corrected chi connectivity index (χ1v) is 10.8. The molecule has 164 valence electrons. The second-order valence-electron chi connectivity index (χ2n) is 8.00. The first-order chi connectivity index (χ1) is 13.2. The van der Waals surface area contributed by atoms with Crippen LogP contribution >= 0.6 is 0 Å². The zero-order valence-corrected chi connectivity index (χ0v) is 17.4. The molecule has 1 aliphatic rings. The van der Waals surface area contributed by atoms with E-state index in [4.69, 9.17) is 5.73 Å². The molecule has 1 saturated heterocycles. The molecule has 2 atom stereocenters. The second kappa shape index (κ2) is 8.23. The van der Waals surface area contributed by atoms with Crippen LogP contribution in [0.1, 0.15) is 39.2 Å². The topological polar surface area (TPSA) is 101 Å². The summed E-state index contributed by atoms with van der Waals surface area (Å²) in [4.78, 5) is 13.4. The Balaban J connectivity index is 2.20. The van der Waals surface area contributed by atoms with Crippen molar-refractivity contribution in [2.24, 2.45) is 11.7 Å². The molecule has 1 aromatic rings. The van der Waals surface area contributed by atoms with Crippen LogP contribution in [0.2, 0.25) is 0 Å². The maximum atomic E-state index is 13.1. The minimum atomic E-state index is -4.63. The maximum absolute atomic E-state index is 13.1. The largest absolute Gasteiger partial charge is 0.416 e. The number of likely N-dealkylation sites (tertiary alicyclic amines) is 1. The highest BCUT2D eigenvalue weighted by atomic mass is 32.2. The number of nitrogens with two attached hydrogens (primary N) is 1. The van der Waals surface area contributed by atoms with Crippen LogP contribution in [-0.4, -0.2) is 54.3 Å². The smallest absolute Gasteiger partial charge is 0.391 e. The van der Waals surface area contributed by atoms with Crippen molar-refractivity contribution in [1.82, 2.24) is 4.90 Å². The molecule has 0 bridgehead atoms. The van der Waals surface area contributed by atoms with Crippen LogP contribution in [0.15, 0.2) is 29.2 Å². The molecule has 29 heavy (non-hydrogen) atoms. The Morgan fingerprint density at radius 3 is 2.28 bits per heavy atom. The van der Waals surface area contributed by atoms with Crippen molar-refractivity contribution >= 4 is 15.7 Å². The summed E-state index contributed by atoms with van der Waals surface area (Å²) >= 11 is 0. The number of nitrogens with zero attached hydrogens (tertiary/aromatic N) is 1. The molecular weight excluding hydrogens is 409 g/mol. The fraction of sp³-hybridized carbons (Fsp3) is 0.632. The van der Waals surface area contributed by atoms with Gasteiger partial charge in [-0.2, -0.15) is 13.2 Å². The normalized spacial score (nSPS) is 19.1. The number of benzene rings is 1. The number of piperidine rings is 1. The average molecular weight is 436 g/mol. The van der Waals surface area contributed by atoms with Crippen molar-refractivity contribution in [3.8, 4) is 0 Å². The Bertz CT molecular complexity index is 845. The summed E-state index contributed by atoms with van der Waals surface area (Å²) in [6.07, 6.45) is -4.91. The van der Waals surface area contributed by atoms with Gasteiger partial charge < -0.3 is 15.7 Å². The van der Waals surface area contributed by atoms with Crippen molar-refractivity contribution in [1.29, 1.82) is 0 Å². The lowest BCUT2D eigenvalue weighted by Crippen LogP contribution is -2.53. The van der Waals surface area contributed by atoms with Crippen LogP contribution in [0, 0.1) is 5.92 Å². The van der Waals surface area contributed by atoms with Gasteiger partial charge in [0.25, 0.3) is 0 Å². The summed E-state index contributed by atoms with van der Waals surface area (Å²) in [7, 11) is -4.06. The van der Waals surface area contributed by atoms with Gasteiger partial charge >= 0.3 is 6.18 Å². The van der Waals surface area contributed by atoms with E-state index < -0.39 is 44.4 Å². The van der Waals surface area contributed by atoms with Gasteiger partial charge in [0.15, 0.2) is 9.84 Å². The van der Waals surface area contributed by atoms with Gasteiger partial charge in [0.2, 0.25) is 5.91 Å². The van der Waals surface area contributed by atoms with Gasteiger partial charge in [-0.1, -0.05) is 6.07 Å². The summed E-state index contributed by atoms with van der Waals surface area (Å²) in [6, 6.07) is 2.71. The number of alkyl halides is 3. The number of rotatable bonds is 5. The van der Waals surface area contributed by atoms with Gasteiger partial charge in [-0.3, -0.25) is 4.79 Å². The van der Waals surface area contributed by atoms with E-state index in [1.165, 1.54) is 31.7 Å². The number of aliphatic hydroxyl groups is 1. The number of carbonyl (C=O) groups is 1. The number of carbonyl (C=O) groups excluding carboxylic acids is 1. The lowest BCUT2D eigenvalue weighted by atomic mass is 9.85. The number of amides is 1. The van der Waals surface area contributed by atoms with Crippen molar-refractivity contribution in [3.05, 3.63) is 29.8 Å². The van der Waals surface area contributed by atoms with E-state index in [1.807, 2.05) is 0 Å². The van der Waals surface area contributed by atoms with Gasteiger partial charge in [0.05, 0.1) is 21.3 Å². The summed E-state index contributed by atoms with van der Waals surface area (Å²) in [5.74, 6) is -0.758. The second-order valence-corrected chi connectivity index (χ2v) is 10.5. The zero-order chi connectivity index (χ0) is 22.2. The van der Waals surface area contributed by atoms with E-state index >= 15 is 0 Å². The van der Waals surface area contributed by atoms with Crippen molar-refractivity contribution in [2.75, 3.05) is 13.1 Å². The molecule has 1 aliphatic heterocycles. The van der Waals surface area contributed by atoms with Gasteiger partial charge in [0, 0.05) is 13.1 Å². The molecule has 0 aromatic heterocycles. The fourth-order valence-electron chi connectivity index (χ4n) is 3.57. The van der Waals surface area contributed by atoms with E-state index in [2.05, 4.69) is 0 Å². The van der Waals surface area contributed by atoms with Crippen LogP contribution < -0.4 is 5.73 Å². The Kier molecular flexibility index (Phi) is 6.71. The standard InChI is InChI=1S/C19H27F3N2O4S/c1-12(25)16(23)17(26)24-9-7-13(8-10-24)18(2,3)29(27,28)15-6-4-5-14(11-15)19(20,21)22/h4-6,11-13,16,25H,7-10,23H2,1-3H3/t12-,16+/m1/s1. The average Bonchev–Trinajstić information content (AvgIpc) is 2.66. The highest BCUT2D eigenvalue weighted by Crippen LogP contribution is 2.39. The molecule has 1 heterocycles. The number of sulfone groups is 1. The van der Waals surface area contributed by atoms with Gasteiger partial charge in [0.1, 0.15) is 6.04 Å². The molecule has 0 spiro atoms. The predicted molar refractivity (Wildman–Crippen MR) is 102 cm³/mol. The highest BCUT2D eigenvalue weighted by Gasteiger charge is 2.45. The van der Waals surface area contributed by atoms with E-state index in [0.29, 0.717) is 18.9 Å². The van der Waals surface area contributed by atoms with Gasteiger partial charge in [-0.05, 0) is 57.7 Å². The first-order valence-electron chi connectivity index (χ1n) is 9.34. The maximum Gasteiger partial charge on any atom is 0.416 e. The van der Waals surface area contributed by atoms with Crippen molar-refractivity contribution in [3.63, 3.8) is 0 Å². The van der Waals surface area contributed by atoms with Crippen molar-refractivity contribution in [2.45, 2.75) is 61.6 Å². The van der Waals surface area contributed by atoms with E-state index in [-0.39, 0.29) is 23.9 Å². The fourth-order valence-corrected chi connectivity index (χ4v) is 5.40. The summed E-state index contributed by atoms with van der Waals surface area (Å²) < 4.78 is 63.9. The minimum absolute atomic E-state index is 0.269. The van der Waals surface area contributed by atoms with Crippen LogP contribution in [0.4, 0.5) is 13.2 Å². The lowest BCUT2D eigenvalue weighted by Gasteiger charge is -2.41. The third-order valence-corrected chi connectivity index (χ3v) is 8.35. The molecule has 1 aromatic carbocycles. The van der Waals surface area contributed by atoms with Crippen LogP contribution in [-0.2, 0) is 20.8 Å². The molecule has 3 N–H and O–H groups in total. The Morgan fingerprint density at radius 1 is 1.24 bits per heavy atom. The van der Waals surface area contributed by atoms with Gasteiger partial charge in [-0.25, -0.2) is 8.42 Å². The molecule has 2 rings (SSSR count). The Morgan fingerprint density at radius 2 is 1.79 bits per heavy atom. The predicted octanol–water partition coefficient (Wildman–Crippen LogP) is 2.20. The third kappa shape index (κ3) is 4.75. The number of hydrogen-bond donors (Lipinski definition) is 2. The van der Waals surface area contributed by atoms with Gasteiger partial charge in [-0.15, -0.1) is 0 Å². The quantitative estimate of drug-likeness (QED) is 0.737. The van der Waals surface area contributed by atoms with Crippen LogP contribution in [0.5, 0.6) is 0 Å². The molecule has 0 unspecified atom stereocenters. The van der Waals surface area contributed by atoms with Crippen LogP contribution in [0.25, 0.3) is 0 Å². The Hall–Kier alpha value is -1.65. The molecule has 0 saturated carbocycles. The lowest BCUT2D eigenvalue weighted by molar-refractivity contribution is -0.138. The molecular formula is C19H27F3N2O4S. The number of aliphatic hydroxyl groups excluding tert-OH is 1. The summed E-state index contributed by atoms with van der Waals surface area (Å²) in [5.41, 5.74) is 4.66. The summed E-state index contributed by atoms with van der Waals surface area (Å²) in [6.45, 7) is 4.97. The minimum Gasteiger partial charge on any atom is -0.391 e. The zero-order valence-electron chi connectivity index (χ0n) is 16.6. The molecule has 0 aliphatic carbocycles. The molecule has 6 nitrogen and oxygen atoms in total. The molecule has 1 amide bonds. The monoisotopic (exact) mass is 436 g/mol. The van der Waals surface area contributed by atoms with E-state index in [9.17, 15) is 31.5 Å².